The van der Waals surface area contributed by atoms with Crippen LogP contribution in [0.1, 0.15) is 0 Å². The number of halogens is 1. The maximum atomic E-state index is 5.85. The molecule has 0 unspecified atom stereocenters. The van der Waals surface area contributed by atoms with Crippen LogP contribution in [0.15, 0.2) is 36.4 Å². The zero-order valence-electron chi connectivity index (χ0n) is 10.8. The van der Waals surface area contributed by atoms with Crippen molar-refractivity contribution in [2.24, 2.45) is 0 Å². The minimum atomic E-state index is 0. The molecule has 2 rings (SSSR count). The molecule has 4 nitrogen and oxygen atoms in total. The molecular formula is C14H17ClN2O2. The summed E-state index contributed by atoms with van der Waals surface area (Å²) in [4.78, 5) is 0. The number of ether oxygens (including phenoxy) is 2. The van der Waals surface area contributed by atoms with Gasteiger partial charge in [0.2, 0.25) is 0 Å². The van der Waals surface area contributed by atoms with Crippen LogP contribution in [0, 0.1) is 0 Å². The Balaban J connectivity index is 0.00000180. The lowest BCUT2D eigenvalue weighted by atomic mass is 10.0. The van der Waals surface area contributed by atoms with E-state index < -0.39 is 0 Å². The second-order valence-corrected chi connectivity index (χ2v) is 3.89. The fourth-order valence-electron chi connectivity index (χ4n) is 1.88. The Bertz CT molecular complexity index is 556. The van der Waals surface area contributed by atoms with E-state index in [1.165, 1.54) is 0 Å². The van der Waals surface area contributed by atoms with Crippen molar-refractivity contribution in [3.05, 3.63) is 36.4 Å². The van der Waals surface area contributed by atoms with Gasteiger partial charge in [-0.25, -0.2) is 0 Å². The molecule has 102 valence electrons. The number of methoxy groups -OCH3 is 2. The van der Waals surface area contributed by atoms with Crippen molar-refractivity contribution in [1.82, 2.24) is 0 Å². The first-order valence-corrected chi connectivity index (χ1v) is 5.53. The van der Waals surface area contributed by atoms with Crippen LogP contribution in [0.2, 0.25) is 0 Å². The topological polar surface area (TPSA) is 70.5 Å². The molecule has 0 aliphatic rings. The maximum Gasteiger partial charge on any atom is 0.184 e. The molecule has 0 aromatic heterocycles. The van der Waals surface area contributed by atoms with Crippen LogP contribution in [0.25, 0.3) is 11.1 Å². The van der Waals surface area contributed by atoms with Gasteiger partial charge < -0.3 is 20.9 Å². The summed E-state index contributed by atoms with van der Waals surface area (Å²) in [5, 5.41) is 0. The lowest BCUT2D eigenvalue weighted by Gasteiger charge is -2.14. The third-order valence-electron chi connectivity index (χ3n) is 2.77. The van der Waals surface area contributed by atoms with Gasteiger partial charge in [0.1, 0.15) is 0 Å². The highest BCUT2D eigenvalue weighted by Crippen LogP contribution is 2.41. The average molecular weight is 281 g/mol. The van der Waals surface area contributed by atoms with E-state index in [0.29, 0.717) is 17.2 Å². The van der Waals surface area contributed by atoms with Crippen LogP contribution in [0.5, 0.6) is 11.5 Å². The minimum absolute atomic E-state index is 0. The van der Waals surface area contributed by atoms with Gasteiger partial charge in [0.25, 0.3) is 0 Å². The number of anilines is 2. The van der Waals surface area contributed by atoms with Crippen molar-refractivity contribution in [2.75, 3.05) is 25.7 Å². The summed E-state index contributed by atoms with van der Waals surface area (Å²) >= 11 is 0. The molecule has 0 radical (unpaired) electrons. The Hall–Kier alpha value is -2.07. The van der Waals surface area contributed by atoms with E-state index in [1.807, 2.05) is 30.3 Å². The number of rotatable bonds is 3. The first kappa shape index (κ1) is 15.0. The van der Waals surface area contributed by atoms with Crippen LogP contribution in [0.4, 0.5) is 11.4 Å². The Morgan fingerprint density at radius 2 is 1.37 bits per heavy atom. The van der Waals surface area contributed by atoms with Crippen molar-refractivity contribution in [3.8, 4) is 22.6 Å². The van der Waals surface area contributed by atoms with Gasteiger partial charge in [0.05, 0.1) is 19.9 Å². The van der Waals surface area contributed by atoms with Crippen molar-refractivity contribution >= 4 is 23.8 Å². The molecule has 0 fully saturated rings. The zero-order valence-corrected chi connectivity index (χ0v) is 11.7. The molecule has 0 atom stereocenters. The molecule has 0 heterocycles. The van der Waals surface area contributed by atoms with Crippen LogP contribution in [-0.4, -0.2) is 14.2 Å². The first-order valence-electron chi connectivity index (χ1n) is 5.53. The van der Waals surface area contributed by atoms with Gasteiger partial charge in [-0.2, -0.15) is 0 Å². The van der Waals surface area contributed by atoms with E-state index in [4.69, 9.17) is 20.9 Å². The largest absolute Gasteiger partial charge is 0.492 e. The zero-order chi connectivity index (χ0) is 13.1. The molecule has 0 bridgehead atoms. The standard InChI is InChI=1S/C14H16N2O2.ClH/c1-17-13-11(7-8-12(16)14(13)18-2)9-3-5-10(15)6-4-9;/h3-8H,15-16H2,1-2H3;1H. The van der Waals surface area contributed by atoms with Gasteiger partial charge in [-0.1, -0.05) is 12.1 Å². The Morgan fingerprint density at radius 1 is 0.789 bits per heavy atom. The van der Waals surface area contributed by atoms with Crippen molar-refractivity contribution < 1.29 is 9.47 Å². The van der Waals surface area contributed by atoms with E-state index in [1.54, 1.807) is 20.3 Å². The smallest absolute Gasteiger partial charge is 0.184 e. The summed E-state index contributed by atoms with van der Waals surface area (Å²) < 4.78 is 10.7. The summed E-state index contributed by atoms with van der Waals surface area (Å²) in [6, 6.07) is 11.3. The molecular weight excluding hydrogens is 264 g/mol. The number of benzene rings is 2. The molecule has 0 saturated heterocycles. The molecule has 0 aliphatic carbocycles. The molecule has 5 heteroatoms. The van der Waals surface area contributed by atoms with Gasteiger partial charge in [-0.05, 0) is 29.8 Å². The summed E-state index contributed by atoms with van der Waals surface area (Å²) in [6.45, 7) is 0. The Labute approximate surface area is 118 Å². The predicted molar refractivity (Wildman–Crippen MR) is 81.1 cm³/mol. The van der Waals surface area contributed by atoms with Crippen molar-refractivity contribution in [3.63, 3.8) is 0 Å². The maximum absolute atomic E-state index is 5.85. The van der Waals surface area contributed by atoms with E-state index in [9.17, 15) is 0 Å². The highest BCUT2D eigenvalue weighted by atomic mass is 35.5. The third-order valence-corrected chi connectivity index (χ3v) is 2.77. The number of nitrogens with two attached hydrogens (primary N) is 2. The highest BCUT2D eigenvalue weighted by Gasteiger charge is 2.14. The summed E-state index contributed by atoms with van der Waals surface area (Å²) in [7, 11) is 3.17. The van der Waals surface area contributed by atoms with Gasteiger partial charge in [-0.3, -0.25) is 0 Å². The fourth-order valence-corrected chi connectivity index (χ4v) is 1.88. The van der Waals surface area contributed by atoms with E-state index in [0.717, 1.165) is 16.8 Å². The number of hydrogen-bond donors (Lipinski definition) is 2. The van der Waals surface area contributed by atoms with Gasteiger partial charge in [0.15, 0.2) is 11.5 Å². The molecule has 19 heavy (non-hydrogen) atoms. The second-order valence-electron chi connectivity index (χ2n) is 3.89. The first-order chi connectivity index (χ1) is 8.67. The van der Waals surface area contributed by atoms with Crippen LogP contribution in [0.3, 0.4) is 0 Å². The average Bonchev–Trinajstić information content (AvgIpc) is 2.39. The number of hydrogen-bond acceptors (Lipinski definition) is 4. The molecule has 2 aromatic carbocycles. The van der Waals surface area contributed by atoms with E-state index >= 15 is 0 Å². The van der Waals surface area contributed by atoms with Crippen LogP contribution >= 0.6 is 12.4 Å². The SMILES string of the molecule is COc1c(N)ccc(-c2ccc(N)cc2)c1OC.Cl. The summed E-state index contributed by atoms with van der Waals surface area (Å²) in [6.07, 6.45) is 0. The Kier molecular flexibility index (Phi) is 4.89. The normalized spacial score (nSPS) is 9.58. The molecule has 4 N–H and O–H groups in total. The van der Waals surface area contributed by atoms with Crippen LogP contribution < -0.4 is 20.9 Å². The molecule has 0 aliphatic heterocycles. The summed E-state index contributed by atoms with van der Waals surface area (Å²) in [5.41, 5.74) is 14.7. The van der Waals surface area contributed by atoms with Gasteiger partial charge in [0, 0.05) is 11.3 Å². The quantitative estimate of drug-likeness (QED) is 0.848. The van der Waals surface area contributed by atoms with Gasteiger partial charge >= 0.3 is 0 Å². The third kappa shape index (κ3) is 2.85. The predicted octanol–water partition coefficient (Wildman–Crippen LogP) is 2.96. The fraction of sp³-hybridized carbons (Fsp3) is 0.143. The number of nitrogen functional groups attached to an aromatic ring is 2. The lowest BCUT2D eigenvalue weighted by molar-refractivity contribution is 0.358. The second kappa shape index (κ2) is 6.20. The minimum Gasteiger partial charge on any atom is -0.492 e. The van der Waals surface area contributed by atoms with Gasteiger partial charge in [-0.15, -0.1) is 12.4 Å². The highest BCUT2D eigenvalue weighted by molar-refractivity contribution is 5.85. The Morgan fingerprint density at radius 3 is 1.89 bits per heavy atom. The summed E-state index contributed by atoms with van der Waals surface area (Å²) in [5.74, 6) is 1.18. The van der Waals surface area contributed by atoms with Crippen LogP contribution in [-0.2, 0) is 0 Å². The van der Waals surface area contributed by atoms with E-state index in [-0.39, 0.29) is 12.4 Å². The molecule has 0 saturated carbocycles. The van der Waals surface area contributed by atoms with E-state index in [2.05, 4.69) is 0 Å². The monoisotopic (exact) mass is 280 g/mol. The molecule has 2 aromatic rings. The lowest BCUT2D eigenvalue weighted by Crippen LogP contribution is -1.98. The van der Waals surface area contributed by atoms with Crippen molar-refractivity contribution in [1.29, 1.82) is 0 Å². The molecule has 0 amide bonds. The molecule has 0 spiro atoms. The van der Waals surface area contributed by atoms with Crippen molar-refractivity contribution in [2.45, 2.75) is 0 Å².